The zero-order valence-electron chi connectivity index (χ0n) is 26.5. The summed E-state index contributed by atoms with van der Waals surface area (Å²) >= 11 is 1.87. The molecule has 8 aromatic carbocycles. The van der Waals surface area contributed by atoms with E-state index in [0.717, 1.165) is 44.4 Å². The monoisotopic (exact) mass is 643 g/mol. The molecular formula is C46H29NOS. The van der Waals surface area contributed by atoms with Crippen molar-refractivity contribution in [3.8, 4) is 22.3 Å². The standard InChI is InChI=1S/C46H29NOS/c1-2-11-30(12-3-1)33-14-8-15-35(29-33)47(41-20-10-21-42-44(41)40-28-25-31-13-4-5-16-36(31)45(40)48-42)34-26-23-32(24-27-34)37-18-9-19-39-38-17-6-7-22-43(38)49-46(37)39/h1-29H. The van der Waals surface area contributed by atoms with Crippen molar-refractivity contribution < 1.29 is 4.42 Å². The zero-order chi connectivity index (χ0) is 32.3. The third-order valence-corrected chi connectivity index (χ3v) is 10.9. The van der Waals surface area contributed by atoms with Crippen molar-refractivity contribution in [3.05, 3.63) is 176 Å². The van der Waals surface area contributed by atoms with E-state index in [9.17, 15) is 0 Å². The number of benzene rings is 8. The summed E-state index contributed by atoms with van der Waals surface area (Å²) in [6, 6.07) is 63.1. The van der Waals surface area contributed by atoms with Gasteiger partial charge in [0.2, 0.25) is 0 Å². The maximum absolute atomic E-state index is 6.64. The first-order chi connectivity index (χ1) is 24.3. The molecule has 10 rings (SSSR count). The van der Waals surface area contributed by atoms with Gasteiger partial charge in [-0.25, -0.2) is 0 Å². The SMILES string of the molecule is c1ccc(-c2cccc(N(c3ccc(-c4cccc5c4sc4ccccc45)cc3)c3cccc4oc5c6ccccc6ccc5c34)c2)cc1. The van der Waals surface area contributed by atoms with Gasteiger partial charge in [-0.1, -0.05) is 127 Å². The van der Waals surface area contributed by atoms with Gasteiger partial charge in [-0.15, -0.1) is 11.3 Å². The Morgan fingerprint density at radius 1 is 0.449 bits per heavy atom. The van der Waals surface area contributed by atoms with Gasteiger partial charge in [0.15, 0.2) is 0 Å². The van der Waals surface area contributed by atoms with Crippen molar-refractivity contribution in [1.82, 2.24) is 0 Å². The fourth-order valence-corrected chi connectivity index (χ4v) is 8.61. The third kappa shape index (κ3) is 4.55. The van der Waals surface area contributed by atoms with Gasteiger partial charge in [-0.2, -0.15) is 0 Å². The Bertz CT molecular complexity index is 2830. The number of nitrogens with zero attached hydrogens (tertiary/aromatic N) is 1. The van der Waals surface area contributed by atoms with E-state index < -0.39 is 0 Å². The van der Waals surface area contributed by atoms with Gasteiger partial charge in [0, 0.05) is 42.3 Å². The normalized spacial score (nSPS) is 11.7. The second kappa shape index (κ2) is 11.2. The molecular weight excluding hydrogens is 615 g/mol. The molecule has 0 atom stereocenters. The highest BCUT2D eigenvalue weighted by molar-refractivity contribution is 7.26. The lowest BCUT2D eigenvalue weighted by Crippen LogP contribution is -2.10. The van der Waals surface area contributed by atoms with Gasteiger partial charge >= 0.3 is 0 Å². The van der Waals surface area contributed by atoms with Crippen LogP contribution in [0.15, 0.2) is 180 Å². The summed E-state index contributed by atoms with van der Waals surface area (Å²) in [6.45, 7) is 0. The van der Waals surface area contributed by atoms with Crippen molar-refractivity contribution in [1.29, 1.82) is 0 Å². The zero-order valence-corrected chi connectivity index (χ0v) is 27.3. The molecule has 0 radical (unpaired) electrons. The fraction of sp³-hybridized carbons (Fsp3) is 0. The highest BCUT2D eigenvalue weighted by atomic mass is 32.1. The van der Waals surface area contributed by atoms with Crippen molar-refractivity contribution in [2.45, 2.75) is 0 Å². The number of hydrogen-bond acceptors (Lipinski definition) is 3. The summed E-state index contributed by atoms with van der Waals surface area (Å²) in [5.41, 5.74) is 9.88. The number of rotatable bonds is 5. The first kappa shape index (κ1) is 27.9. The predicted octanol–water partition coefficient (Wildman–Crippen LogP) is 13.9. The van der Waals surface area contributed by atoms with Crippen LogP contribution in [0.2, 0.25) is 0 Å². The third-order valence-electron chi connectivity index (χ3n) is 9.66. The molecule has 0 fully saturated rings. The Morgan fingerprint density at radius 3 is 2.08 bits per heavy atom. The van der Waals surface area contributed by atoms with E-state index in [1.54, 1.807) is 0 Å². The molecule has 0 N–H and O–H groups in total. The lowest BCUT2D eigenvalue weighted by atomic mass is 10.0. The molecule has 0 spiro atoms. The van der Waals surface area contributed by atoms with Crippen LogP contribution in [0.4, 0.5) is 17.1 Å². The molecule has 0 aliphatic carbocycles. The highest BCUT2D eigenvalue weighted by Crippen LogP contribution is 2.46. The predicted molar refractivity (Wildman–Crippen MR) is 210 cm³/mol. The van der Waals surface area contributed by atoms with E-state index in [1.807, 2.05) is 11.3 Å². The molecule has 3 heteroatoms. The van der Waals surface area contributed by atoms with E-state index in [1.165, 1.54) is 47.8 Å². The van der Waals surface area contributed by atoms with E-state index in [-0.39, 0.29) is 0 Å². The van der Waals surface area contributed by atoms with Crippen LogP contribution in [0.5, 0.6) is 0 Å². The smallest absolute Gasteiger partial charge is 0.143 e. The lowest BCUT2D eigenvalue weighted by Gasteiger charge is -2.27. The first-order valence-corrected chi connectivity index (χ1v) is 17.4. The summed E-state index contributed by atoms with van der Waals surface area (Å²) < 4.78 is 9.28. The molecule has 0 aliphatic rings. The van der Waals surface area contributed by atoms with Crippen LogP contribution in [-0.2, 0) is 0 Å². The van der Waals surface area contributed by atoms with Crippen LogP contribution in [0.1, 0.15) is 0 Å². The second-order valence-electron chi connectivity index (χ2n) is 12.5. The second-order valence-corrected chi connectivity index (χ2v) is 13.5. The number of furan rings is 1. The molecule has 0 bridgehead atoms. The van der Waals surface area contributed by atoms with Crippen LogP contribution in [0, 0.1) is 0 Å². The van der Waals surface area contributed by atoms with Crippen LogP contribution in [0.3, 0.4) is 0 Å². The number of hydrogen-bond donors (Lipinski definition) is 0. The van der Waals surface area contributed by atoms with Crippen LogP contribution in [0.25, 0.3) is 75.1 Å². The van der Waals surface area contributed by atoms with Gasteiger partial charge in [0.05, 0.1) is 11.1 Å². The lowest BCUT2D eigenvalue weighted by molar-refractivity contribution is 0.672. The number of thiophene rings is 1. The molecule has 2 aromatic heterocycles. The topological polar surface area (TPSA) is 16.4 Å². The van der Waals surface area contributed by atoms with Crippen molar-refractivity contribution in [2.75, 3.05) is 4.90 Å². The first-order valence-electron chi connectivity index (χ1n) is 16.6. The Morgan fingerprint density at radius 2 is 1.18 bits per heavy atom. The highest BCUT2D eigenvalue weighted by Gasteiger charge is 2.21. The van der Waals surface area contributed by atoms with Crippen molar-refractivity contribution >= 4 is 81.3 Å². The number of anilines is 3. The minimum atomic E-state index is 0.876. The molecule has 0 aliphatic heterocycles. The Hall–Kier alpha value is -6.16. The quantitative estimate of drug-likeness (QED) is 0.186. The Kier molecular flexibility index (Phi) is 6.39. The minimum absolute atomic E-state index is 0.876. The molecule has 10 aromatic rings. The van der Waals surface area contributed by atoms with E-state index >= 15 is 0 Å². The minimum Gasteiger partial charge on any atom is -0.455 e. The van der Waals surface area contributed by atoms with Crippen LogP contribution < -0.4 is 4.90 Å². The van der Waals surface area contributed by atoms with Gasteiger partial charge in [0.1, 0.15) is 11.2 Å². The molecule has 0 amide bonds. The summed E-state index contributed by atoms with van der Waals surface area (Å²) in [5.74, 6) is 0. The largest absolute Gasteiger partial charge is 0.455 e. The summed E-state index contributed by atoms with van der Waals surface area (Å²) in [7, 11) is 0. The number of fused-ring (bicyclic) bond motifs is 8. The summed E-state index contributed by atoms with van der Waals surface area (Å²) in [4.78, 5) is 2.38. The van der Waals surface area contributed by atoms with E-state index in [4.69, 9.17) is 4.42 Å². The van der Waals surface area contributed by atoms with Crippen molar-refractivity contribution in [3.63, 3.8) is 0 Å². The van der Waals surface area contributed by atoms with Gasteiger partial charge in [0.25, 0.3) is 0 Å². The van der Waals surface area contributed by atoms with E-state index in [2.05, 4.69) is 181 Å². The molecule has 49 heavy (non-hydrogen) atoms. The van der Waals surface area contributed by atoms with Crippen LogP contribution >= 0.6 is 11.3 Å². The van der Waals surface area contributed by atoms with Crippen molar-refractivity contribution in [2.24, 2.45) is 0 Å². The van der Waals surface area contributed by atoms with Gasteiger partial charge < -0.3 is 9.32 Å². The molecule has 0 unspecified atom stereocenters. The van der Waals surface area contributed by atoms with Gasteiger partial charge in [-0.05, 0) is 76.2 Å². The maximum atomic E-state index is 6.64. The molecule has 0 saturated carbocycles. The average molecular weight is 644 g/mol. The molecule has 0 saturated heterocycles. The fourth-order valence-electron chi connectivity index (χ4n) is 7.37. The Balaban J connectivity index is 1.18. The average Bonchev–Trinajstić information content (AvgIpc) is 3.75. The summed E-state index contributed by atoms with van der Waals surface area (Å²) in [5, 5.41) is 7.15. The Labute approximate surface area is 287 Å². The van der Waals surface area contributed by atoms with E-state index in [0.29, 0.717) is 0 Å². The maximum Gasteiger partial charge on any atom is 0.143 e. The van der Waals surface area contributed by atoms with Crippen LogP contribution in [-0.4, -0.2) is 0 Å². The molecule has 230 valence electrons. The molecule has 2 nitrogen and oxygen atoms in total. The molecule has 2 heterocycles. The summed E-state index contributed by atoms with van der Waals surface area (Å²) in [6.07, 6.45) is 0. The van der Waals surface area contributed by atoms with Gasteiger partial charge in [-0.3, -0.25) is 0 Å².